The first-order chi connectivity index (χ1) is 10.3. The highest BCUT2D eigenvalue weighted by Crippen LogP contribution is 2.44. The average molecular weight is 271 g/mol. The molecule has 2 aromatic carbocycles. The molecule has 100 valence electrons. The molecule has 2 heteroatoms. The Bertz CT molecular complexity index is 988. The van der Waals surface area contributed by atoms with Crippen LogP contribution in [0, 0.1) is 6.92 Å². The second-order valence-corrected chi connectivity index (χ2v) is 5.85. The first kappa shape index (κ1) is 11.1. The molecule has 0 fully saturated rings. The maximum Gasteiger partial charge on any atom is 0.188 e. The van der Waals surface area contributed by atoms with Gasteiger partial charge in [0.1, 0.15) is 0 Å². The highest BCUT2D eigenvalue weighted by molar-refractivity contribution is 6.24. The van der Waals surface area contributed by atoms with Crippen LogP contribution in [0.4, 0.5) is 0 Å². The van der Waals surface area contributed by atoms with E-state index in [0.29, 0.717) is 0 Å². The van der Waals surface area contributed by atoms with Crippen molar-refractivity contribution in [2.75, 3.05) is 0 Å². The number of carbonyl (C=O) groups is 1. The first-order valence-electron chi connectivity index (χ1n) is 7.22. The summed E-state index contributed by atoms with van der Waals surface area (Å²) in [4.78, 5) is 12.5. The molecule has 0 saturated heterocycles. The lowest BCUT2D eigenvalue weighted by atomic mass is 9.91. The van der Waals surface area contributed by atoms with Crippen LogP contribution in [0.1, 0.15) is 27.0 Å². The van der Waals surface area contributed by atoms with Crippen LogP contribution in [0.3, 0.4) is 0 Å². The van der Waals surface area contributed by atoms with Crippen molar-refractivity contribution in [2.24, 2.45) is 0 Å². The van der Waals surface area contributed by atoms with Gasteiger partial charge in [0.25, 0.3) is 0 Å². The van der Waals surface area contributed by atoms with E-state index < -0.39 is 0 Å². The largest absolute Gasteiger partial charge is 0.335 e. The van der Waals surface area contributed by atoms with Gasteiger partial charge in [-0.25, -0.2) is 0 Å². The Morgan fingerprint density at radius 1 is 1.05 bits per heavy atom. The average Bonchev–Trinajstić information content (AvgIpc) is 3.01. The summed E-state index contributed by atoms with van der Waals surface area (Å²) in [5.74, 6) is 0.128. The maximum atomic E-state index is 12.5. The lowest BCUT2D eigenvalue weighted by molar-refractivity contribution is 0.104. The van der Waals surface area contributed by atoms with Crippen LogP contribution >= 0.6 is 0 Å². The number of carbonyl (C=O) groups excluding carboxylic acids is 1. The number of aryl methyl sites for hydroxylation is 1. The number of allylic oxidation sites excluding steroid dienone is 1. The fourth-order valence-corrected chi connectivity index (χ4v) is 3.77. The van der Waals surface area contributed by atoms with E-state index >= 15 is 0 Å². The zero-order valence-electron chi connectivity index (χ0n) is 11.7. The first-order valence-corrected chi connectivity index (χ1v) is 7.22. The van der Waals surface area contributed by atoms with Gasteiger partial charge in [0.05, 0.1) is 16.8 Å². The van der Waals surface area contributed by atoms with Gasteiger partial charge in [-0.2, -0.15) is 0 Å². The summed E-state index contributed by atoms with van der Waals surface area (Å²) in [5, 5.41) is 1.13. The summed E-state index contributed by atoms with van der Waals surface area (Å²) in [5.41, 5.74) is 8.09. The minimum absolute atomic E-state index is 0.128. The summed E-state index contributed by atoms with van der Waals surface area (Å²) in [6.45, 7) is 2.97. The van der Waals surface area contributed by atoms with Crippen molar-refractivity contribution in [1.29, 1.82) is 0 Å². The summed E-state index contributed by atoms with van der Waals surface area (Å²) >= 11 is 0. The molecule has 0 atom stereocenters. The topological polar surface area (TPSA) is 22.0 Å². The van der Waals surface area contributed by atoms with Gasteiger partial charge in [-0.15, -0.1) is 0 Å². The third kappa shape index (κ3) is 1.21. The maximum absolute atomic E-state index is 12.5. The van der Waals surface area contributed by atoms with E-state index in [9.17, 15) is 4.79 Å². The van der Waals surface area contributed by atoms with Gasteiger partial charge < -0.3 is 4.57 Å². The molecule has 2 aliphatic rings. The number of fused-ring (bicyclic) bond motifs is 5. The van der Waals surface area contributed by atoms with Crippen molar-refractivity contribution in [1.82, 2.24) is 4.57 Å². The standard InChI is InChI=1S/C19H13NO/c1-11-6-8-15-17-13(11)7-9-16(21)18(17)19-14-5-3-2-4-12(14)10-20(15)19/h2-9H,10H2,1H3. The van der Waals surface area contributed by atoms with Crippen LogP contribution in [-0.2, 0) is 6.54 Å². The molecule has 3 aromatic rings. The molecule has 2 nitrogen and oxygen atoms in total. The Labute approximate surface area is 122 Å². The second kappa shape index (κ2) is 3.53. The summed E-state index contributed by atoms with van der Waals surface area (Å²) in [7, 11) is 0. The Balaban J connectivity index is 2.02. The fourth-order valence-electron chi connectivity index (χ4n) is 3.77. The quantitative estimate of drug-likeness (QED) is 0.470. The molecule has 1 aromatic heterocycles. The third-order valence-electron chi connectivity index (χ3n) is 4.74. The number of hydrogen-bond acceptors (Lipinski definition) is 1. The molecule has 2 heterocycles. The molecule has 5 rings (SSSR count). The molecule has 0 saturated carbocycles. The van der Waals surface area contributed by atoms with Crippen molar-refractivity contribution in [3.63, 3.8) is 0 Å². The Morgan fingerprint density at radius 2 is 1.90 bits per heavy atom. The van der Waals surface area contributed by atoms with Crippen LogP contribution in [0.5, 0.6) is 0 Å². The number of aromatic nitrogens is 1. The molecule has 21 heavy (non-hydrogen) atoms. The van der Waals surface area contributed by atoms with Crippen LogP contribution in [0.2, 0.25) is 0 Å². The van der Waals surface area contributed by atoms with E-state index in [1.54, 1.807) is 6.08 Å². The van der Waals surface area contributed by atoms with Gasteiger partial charge in [-0.1, -0.05) is 36.4 Å². The van der Waals surface area contributed by atoms with Crippen molar-refractivity contribution >= 4 is 22.8 Å². The SMILES string of the molecule is Cc1ccc2c3c1C=CC(=O)c3c1n2Cc2ccccc2-1. The minimum atomic E-state index is 0.128. The Hall–Kier alpha value is -2.61. The van der Waals surface area contributed by atoms with Gasteiger partial charge in [0.2, 0.25) is 0 Å². The predicted octanol–water partition coefficient (Wildman–Crippen LogP) is 4.19. The second-order valence-electron chi connectivity index (χ2n) is 5.85. The molecule has 0 radical (unpaired) electrons. The normalized spacial score (nSPS) is 14.6. The van der Waals surface area contributed by atoms with Gasteiger partial charge >= 0.3 is 0 Å². The number of ketones is 1. The number of hydrogen-bond donors (Lipinski definition) is 0. The lowest BCUT2D eigenvalue weighted by Gasteiger charge is -2.10. The molecule has 0 N–H and O–H groups in total. The third-order valence-corrected chi connectivity index (χ3v) is 4.74. The Morgan fingerprint density at radius 3 is 2.81 bits per heavy atom. The molecule has 0 spiro atoms. The summed E-state index contributed by atoms with van der Waals surface area (Å²) in [6, 6.07) is 12.7. The molecule has 0 unspecified atom stereocenters. The summed E-state index contributed by atoms with van der Waals surface area (Å²) in [6.07, 6.45) is 3.68. The molecule has 0 bridgehead atoms. The fraction of sp³-hybridized carbons (Fsp3) is 0.105. The Kier molecular flexibility index (Phi) is 1.86. The van der Waals surface area contributed by atoms with Crippen LogP contribution in [0.25, 0.3) is 28.2 Å². The van der Waals surface area contributed by atoms with E-state index in [4.69, 9.17) is 0 Å². The highest BCUT2D eigenvalue weighted by atomic mass is 16.1. The van der Waals surface area contributed by atoms with Gasteiger partial charge in [0.15, 0.2) is 5.78 Å². The lowest BCUT2D eigenvalue weighted by Crippen LogP contribution is -2.01. The summed E-state index contributed by atoms with van der Waals surface area (Å²) < 4.78 is 2.29. The zero-order valence-corrected chi connectivity index (χ0v) is 11.7. The van der Waals surface area contributed by atoms with Crippen LogP contribution < -0.4 is 0 Å². The van der Waals surface area contributed by atoms with E-state index in [1.165, 1.54) is 27.8 Å². The van der Waals surface area contributed by atoms with Crippen LogP contribution in [-0.4, -0.2) is 10.4 Å². The molecular weight excluding hydrogens is 258 g/mol. The van der Waals surface area contributed by atoms with Crippen molar-refractivity contribution in [3.8, 4) is 11.3 Å². The molecular formula is C19H13NO. The van der Waals surface area contributed by atoms with E-state index in [2.05, 4.69) is 41.8 Å². The van der Waals surface area contributed by atoms with E-state index in [0.717, 1.165) is 23.2 Å². The van der Waals surface area contributed by atoms with Crippen molar-refractivity contribution < 1.29 is 4.79 Å². The highest BCUT2D eigenvalue weighted by Gasteiger charge is 2.31. The monoisotopic (exact) mass is 271 g/mol. The van der Waals surface area contributed by atoms with Crippen molar-refractivity contribution in [2.45, 2.75) is 13.5 Å². The van der Waals surface area contributed by atoms with Gasteiger partial charge in [-0.3, -0.25) is 4.79 Å². The number of benzene rings is 2. The van der Waals surface area contributed by atoms with E-state index in [-0.39, 0.29) is 5.78 Å². The number of rotatable bonds is 0. The molecule has 1 aliphatic heterocycles. The molecule has 1 aliphatic carbocycles. The minimum Gasteiger partial charge on any atom is -0.335 e. The van der Waals surface area contributed by atoms with Gasteiger partial charge in [-0.05, 0) is 35.8 Å². The zero-order chi connectivity index (χ0) is 14.1. The van der Waals surface area contributed by atoms with Crippen molar-refractivity contribution in [3.05, 3.63) is 64.7 Å². The van der Waals surface area contributed by atoms with E-state index in [1.807, 2.05) is 12.1 Å². The van der Waals surface area contributed by atoms with Crippen LogP contribution in [0.15, 0.2) is 42.5 Å². The smallest absolute Gasteiger partial charge is 0.188 e. The predicted molar refractivity (Wildman–Crippen MR) is 84.6 cm³/mol. The molecule has 0 amide bonds. The number of nitrogens with zero attached hydrogens (tertiary/aromatic N) is 1. The van der Waals surface area contributed by atoms with Gasteiger partial charge in [0, 0.05) is 17.5 Å².